The van der Waals surface area contributed by atoms with Crippen molar-refractivity contribution in [2.75, 3.05) is 0 Å². The Labute approximate surface area is 369 Å². The first-order chi connectivity index (χ1) is 31.7. The molecule has 0 saturated carbocycles. The van der Waals surface area contributed by atoms with Crippen molar-refractivity contribution in [1.82, 2.24) is 24.1 Å². The van der Waals surface area contributed by atoms with Gasteiger partial charge in [0.15, 0.2) is 11.6 Å². The van der Waals surface area contributed by atoms with E-state index in [0.717, 1.165) is 98.9 Å². The Morgan fingerprint density at radius 1 is 0.375 bits per heavy atom. The van der Waals surface area contributed by atoms with Gasteiger partial charge in [-0.25, -0.2) is 4.98 Å². The lowest BCUT2D eigenvalue weighted by Crippen LogP contribution is -2.07. The van der Waals surface area contributed by atoms with Crippen molar-refractivity contribution in [2.24, 2.45) is 0 Å². The molecule has 0 unspecified atom stereocenters. The zero-order valence-corrected chi connectivity index (χ0v) is 34.9. The number of furan rings is 1. The van der Waals surface area contributed by atoms with Gasteiger partial charge in [-0.3, -0.25) is 4.57 Å². The van der Waals surface area contributed by atoms with Gasteiger partial charge in [0.05, 0.1) is 33.1 Å². The molecule has 0 saturated heterocycles. The zero-order chi connectivity index (χ0) is 41.9. The maximum atomic E-state index is 6.65. The van der Waals surface area contributed by atoms with Crippen molar-refractivity contribution >= 4 is 97.1 Å². The van der Waals surface area contributed by atoms with Gasteiger partial charge in [-0.1, -0.05) is 152 Å². The van der Waals surface area contributed by atoms with Crippen LogP contribution in [0.1, 0.15) is 0 Å². The van der Waals surface area contributed by atoms with Gasteiger partial charge < -0.3 is 8.98 Å². The molecule has 0 radical (unpaired) electrons. The lowest BCUT2D eigenvalue weighted by atomic mass is 10.0. The first-order valence-corrected chi connectivity index (χ1v) is 22.3. The Hall–Kier alpha value is -8.39. The highest BCUT2D eigenvalue weighted by Crippen LogP contribution is 2.45. The first-order valence-electron chi connectivity index (χ1n) is 21.4. The van der Waals surface area contributed by atoms with E-state index < -0.39 is 0 Å². The minimum Gasteiger partial charge on any atom is -0.456 e. The van der Waals surface area contributed by atoms with E-state index in [2.05, 4.69) is 191 Å². The van der Waals surface area contributed by atoms with Crippen LogP contribution in [-0.2, 0) is 0 Å². The summed E-state index contributed by atoms with van der Waals surface area (Å²) >= 11 is 1.80. The first kappa shape index (κ1) is 35.2. The summed E-state index contributed by atoms with van der Waals surface area (Å²) in [5, 5.41) is 8.98. The average molecular weight is 836 g/mol. The van der Waals surface area contributed by atoms with Gasteiger partial charge >= 0.3 is 0 Å². The van der Waals surface area contributed by atoms with E-state index in [1.54, 1.807) is 11.3 Å². The molecule has 7 heteroatoms. The highest BCUT2D eigenvalue weighted by molar-refractivity contribution is 7.25. The van der Waals surface area contributed by atoms with Crippen LogP contribution in [0.4, 0.5) is 0 Å². The summed E-state index contributed by atoms with van der Waals surface area (Å²) in [6, 6.07) is 70.7. The summed E-state index contributed by atoms with van der Waals surface area (Å²) < 4.78 is 13.8. The molecule has 0 aliphatic rings. The maximum Gasteiger partial charge on any atom is 0.238 e. The van der Waals surface area contributed by atoms with Crippen LogP contribution >= 0.6 is 11.3 Å². The normalized spacial score (nSPS) is 12.1. The van der Waals surface area contributed by atoms with Crippen LogP contribution in [0.5, 0.6) is 0 Å². The molecule has 0 N–H and O–H groups in total. The number of hydrogen-bond donors (Lipinski definition) is 0. The van der Waals surface area contributed by atoms with Crippen LogP contribution in [-0.4, -0.2) is 24.1 Å². The number of rotatable bonds is 5. The molecule has 14 rings (SSSR count). The minimum absolute atomic E-state index is 0.551. The Morgan fingerprint density at radius 2 is 1.00 bits per heavy atom. The van der Waals surface area contributed by atoms with Crippen molar-refractivity contribution in [2.45, 2.75) is 0 Å². The van der Waals surface area contributed by atoms with E-state index in [0.29, 0.717) is 17.6 Å². The lowest BCUT2D eigenvalue weighted by molar-refractivity contribution is 0.669. The highest BCUT2D eigenvalue weighted by atomic mass is 32.1. The molecule has 64 heavy (non-hydrogen) atoms. The van der Waals surface area contributed by atoms with Crippen molar-refractivity contribution in [3.8, 4) is 45.5 Å². The van der Waals surface area contributed by atoms with Gasteiger partial charge in [0.2, 0.25) is 5.95 Å². The predicted octanol–water partition coefficient (Wildman–Crippen LogP) is 15.3. The summed E-state index contributed by atoms with van der Waals surface area (Å²) in [5.41, 5.74) is 11.1. The fourth-order valence-corrected chi connectivity index (χ4v) is 11.2. The van der Waals surface area contributed by atoms with Gasteiger partial charge in [-0.05, 0) is 59.7 Å². The van der Waals surface area contributed by atoms with Crippen LogP contribution in [0.3, 0.4) is 0 Å². The van der Waals surface area contributed by atoms with Crippen molar-refractivity contribution in [1.29, 1.82) is 0 Å². The Morgan fingerprint density at radius 3 is 1.78 bits per heavy atom. The minimum atomic E-state index is 0.551. The number of para-hydroxylation sites is 2. The van der Waals surface area contributed by atoms with E-state index in [-0.39, 0.29) is 0 Å². The Balaban J connectivity index is 1.13. The summed E-state index contributed by atoms with van der Waals surface area (Å²) in [5.74, 6) is 1.79. The standard InChI is InChI=1S/C57H33N5OS/c1-3-15-34(16-4-1)36-29-32-47-43(33-36)52-46(25-14-26-48(52)63-47)61-44-23-10-7-19-37(44)39-30-31-40-38-20-8-11-24-45(38)62(54(40)53(39)61)57-59-55(35-17-5-2-6-18-35)58-56(60-57)42-22-13-28-50-51(42)41-21-9-12-27-49(41)64-50/h1-33H. The maximum absolute atomic E-state index is 6.65. The molecule has 0 atom stereocenters. The second-order valence-corrected chi connectivity index (χ2v) is 17.4. The molecule has 0 amide bonds. The third kappa shape index (κ3) is 5.10. The Kier molecular flexibility index (Phi) is 7.46. The van der Waals surface area contributed by atoms with Crippen molar-refractivity contribution in [3.63, 3.8) is 0 Å². The zero-order valence-electron chi connectivity index (χ0n) is 34.1. The molecule has 0 spiro atoms. The molecule has 6 nitrogen and oxygen atoms in total. The molecule has 298 valence electrons. The second kappa shape index (κ2) is 13.6. The number of hydrogen-bond acceptors (Lipinski definition) is 5. The molecule has 0 aliphatic heterocycles. The van der Waals surface area contributed by atoms with Gasteiger partial charge in [-0.15, -0.1) is 11.3 Å². The van der Waals surface area contributed by atoms with Crippen molar-refractivity contribution < 1.29 is 4.42 Å². The number of nitrogens with zero attached hydrogens (tertiary/aromatic N) is 5. The monoisotopic (exact) mass is 835 g/mol. The number of aromatic nitrogens is 5. The fraction of sp³-hybridized carbons (Fsp3) is 0. The quantitative estimate of drug-likeness (QED) is 0.173. The van der Waals surface area contributed by atoms with Gasteiger partial charge in [-0.2, -0.15) is 9.97 Å². The molecule has 5 aromatic heterocycles. The third-order valence-corrected chi connectivity index (χ3v) is 13.9. The van der Waals surface area contributed by atoms with Crippen LogP contribution in [0.2, 0.25) is 0 Å². The topological polar surface area (TPSA) is 61.7 Å². The van der Waals surface area contributed by atoms with E-state index in [9.17, 15) is 0 Å². The summed E-state index contributed by atoms with van der Waals surface area (Å²) in [7, 11) is 0. The molecule has 0 fully saturated rings. The Bertz CT molecular complexity index is 4200. The van der Waals surface area contributed by atoms with E-state index >= 15 is 0 Å². The largest absolute Gasteiger partial charge is 0.456 e. The van der Waals surface area contributed by atoms with Crippen molar-refractivity contribution in [3.05, 3.63) is 200 Å². The van der Waals surface area contributed by atoms with Crippen LogP contribution in [0, 0.1) is 0 Å². The lowest BCUT2D eigenvalue weighted by Gasteiger charge is -2.14. The van der Waals surface area contributed by atoms with E-state index in [1.165, 1.54) is 14.8 Å². The summed E-state index contributed by atoms with van der Waals surface area (Å²) in [6.45, 7) is 0. The number of fused-ring (bicyclic) bond motifs is 13. The molecule has 0 bridgehead atoms. The third-order valence-electron chi connectivity index (χ3n) is 12.8. The number of benzene rings is 9. The average Bonchev–Trinajstić information content (AvgIpc) is 4.12. The summed E-state index contributed by atoms with van der Waals surface area (Å²) in [4.78, 5) is 16.2. The molecule has 5 heterocycles. The van der Waals surface area contributed by atoms with Crippen LogP contribution < -0.4 is 0 Å². The van der Waals surface area contributed by atoms with Gasteiger partial charge in [0, 0.05) is 58.2 Å². The van der Waals surface area contributed by atoms with Gasteiger partial charge in [0.25, 0.3) is 0 Å². The molecule has 14 aromatic rings. The SMILES string of the molecule is c1ccc(-c2ccc3oc4cccc(-n5c6ccccc6c6ccc7c8ccccc8n(-c8nc(-c9ccccc9)nc(-c9cccc%10sc%11ccccc%11c9%10)n8)c7c65)c4c3c2)cc1. The van der Waals surface area contributed by atoms with E-state index in [4.69, 9.17) is 19.4 Å². The second-order valence-electron chi connectivity index (χ2n) is 16.3. The molecular weight excluding hydrogens is 803 g/mol. The fourth-order valence-electron chi connectivity index (χ4n) is 10.0. The van der Waals surface area contributed by atoms with Gasteiger partial charge in [0.1, 0.15) is 11.2 Å². The molecular formula is C57H33N5OS. The number of thiophene rings is 1. The molecule has 0 aliphatic carbocycles. The summed E-state index contributed by atoms with van der Waals surface area (Å²) in [6.07, 6.45) is 0. The smallest absolute Gasteiger partial charge is 0.238 e. The highest BCUT2D eigenvalue weighted by Gasteiger charge is 2.25. The molecule has 9 aromatic carbocycles. The van der Waals surface area contributed by atoms with Crippen LogP contribution in [0.25, 0.3) is 131 Å². The van der Waals surface area contributed by atoms with Crippen LogP contribution in [0.15, 0.2) is 205 Å². The van der Waals surface area contributed by atoms with E-state index in [1.807, 2.05) is 18.2 Å². The predicted molar refractivity (Wildman–Crippen MR) is 265 cm³/mol.